The van der Waals surface area contributed by atoms with Crippen LogP contribution in [0.3, 0.4) is 0 Å². The first-order valence-electron chi connectivity index (χ1n) is 5.34. The number of halogens is 3. The first-order chi connectivity index (χ1) is 8.36. The molecule has 0 bridgehead atoms. The molecule has 0 aromatic heterocycles. The van der Waals surface area contributed by atoms with Crippen molar-refractivity contribution in [2.75, 3.05) is 7.11 Å². The van der Waals surface area contributed by atoms with E-state index < -0.39 is 23.8 Å². The molecule has 0 aliphatic heterocycles. The van der Waals surface area contributed by atoms with Crippen LogP contribution < -0.4 is 5.73 Å². The Morgan fingerprint density at radius 2 is 2.00 bits per heavy atom. The maximum Gasteiger partial charge on any atom is 0.416 e. The van der Waals surface area contributed by atoms with Crippen molar-refractivity contribution >= 4 is 5.97 Å². The second-order valence-electron chi connectivity index (χ2n) is 3.82. The molecule has 6 heteroatoms. The highest BCUT2D eigenvalue weighted by Crippen LogP contribution is 2.32. The fourth-order valence-electron chi connectivity index (χ4n) is 1.60. The van der Waals surface area contributed by atoms with Gasteiger partial charge in [-0.1, -0.05) is 18.2 Å². The molecular weight excluding hydrogens is 247 g/mol. The Balaban J connectivity index is 2.77. The lowest BCUT2D eigenvalue weighted by Crippen LogP contribution is -2.32. The SMILES string of the molecule is COC(=O)C(N)CCc1ccccc1C(F)(F)F. The van der Waals surface area contributed by atoms with E-state index in [1.807, 2.05) is 0 Å². The third kappa shape index (κ3) is 3.73. The third-order valence-corrected chi connectivity index (χ3v) is 2.55. The van der Waals surface area contributed by atoms with E-state index in [0.29, 0.717) is 0 Å². The van der Waals surface area contributed by atoms with Crippen molar-refractivity contribution in [1.29, 1.82) is 0 Å². The molecule has 1 aromatic rings. The summed E-state index contributed by atoms with van der Waals surface area (Å²) in [5.74, 6) is -0.625. The molecule has 0 spiro atoms. The van der Waals surface area contributed by atoms with E-state index in [4.69, 9.17) is 5.73 Å². The Labute approximate surface area is 103 Å². The van der Waals surface area contributed by atoms with Crippen LogP contribution >= 0.6 is 0 Å². The van der Waals surface area contributed by atoms with Crippen LogP contribution in [0.2, 0.25) is 0 Å². The summed E-state index contributed by atoms with van der Waals surface area (Å²) in [5, 5.41) is 0. The number of hydrogen-bond acceptors (Lipinski definition) is 3. The van der Waals surface area contributed by atoms with Crippen LogP contribution in [0.1, 0.15) is 17.5 Å². The molecule has 0 radical (unpaired) electrons. The Kier molecular flexibility index (Phi) is 4.72. The van der Waals surface area contributed by atoms with E-state index in [9.17, 15) is 18.0 Å². The zero-order valence-electron chi connectivity index (χ0n) is 9.83. The van der Waals surface area contributed by atoms with Gasteiger partial charge >= 0.3 is 12.1 Å². The Morgan fingerprint density at radius 3 is 2.56 bits per heavy atom. The minimum absolute atomic E-state index is 0.0753. The van der Waals surface area contributed by atoms with Gasteiger partial charge in [-0.3, -0.25) is 4.79 Å². The van der Waals surface area contributed by atoms with E-state index in [-0.39, 0.29) is 18.4 Å². The predicted molar refractivity (Wildman–Crippen MR) is 59.8 cm³/mol. The van der Waals surface area contributed by atoms with Crippen LogP contribution in [-0.4, -0.2) is 19.1 Å². The maximum atomic E-state index is 12.7. The molecular formula is C12H14F3NO2. The van der Waals surface area contributed by atoms with E-state index in [1.54, 1.807) is 0 Å². The van der Waals surface area contributed by atoms with Crippen LogP contribution in [0.4, 0.5) is 13.2 Å². The van der Waals surface area contributed by atoms with Crippen molar-refractivity contribution in [1.82, 2.24) is 0 Å². The minimum Gasteiger partial charge on any atom is -0.468 e. The van der Waals surface area contributed by atoms with Gasteiger partial charge in [0.05, 0.1) is 12.7 Å². The second kappa shape index (κ2) is 5.86. The van der Waals surface area contributed by atoms with Crippen LogP contribution in [0.5, 0.6) is 0 Å². The fourth-order valence-corrected chi connectivity index (χ4v) is 1.60. The van der Waals surface area contributed by atoms with Gasteiger partial charge in [-0.2, -0.15) is 13.2 Å². The van der Waals surface area contributed by atoms with Gasteiger partial charge in [-0.25, -0.2) is 0 Å². The number of aryl methyl sites for hydroxylation is 1. The molecule has 1 unspecified atom stereocenters. The molecule has 0 amide bonds. The number of benzene rings is 1. The van der Waals surface area contributed by atoms with Gasteiger partial charge in [0.2, 0.25) is 0 Å². The molecule has 3 nitrogen and oxygen atoms in total. The van der Waals surface area contributed by atoms with Crippen molar-refractivity contribution in [3.8, 4) is 0 Å². The molecule has 0 fully saturated rings. The molecule has 100 valence electrons. The Bertz CT molecular complexity index is 418. The van der Waals surface area contributed by atoms with Crippen molar-refractivity contribution in [3.05, 3.63) is 35.4 Å². The van der Waals surface area contributed by atoms with Crippen molar-refractivity contribution in [2.45, 2.75) is 25.1 Å². The number of methoxy groups -OCH3 is 1. The smallest absolute Gasteiger partial charge is 0.416 e. The summed E-state index contributed by atoms with van der Waals surface area (Å²) in [6, 6.07) is 4.34. The number of ether oxygens (including phenoxy) is 1. The topological polar surface area (TPSA) is 52.3 Å². The predicted octanol–water partition coefficient (Wildman–Crippen LogP) is 2.14. The van der Waals surface area contributed by atoms with Gasteiger partial charge in [0.1, 0.15) is 6.04 Å². The minimum atomic E-state index is -4.40. The number of alkyl halides is 3. The molecule has 2 N–H and O–H groups in total. The highest BCUT2D eigenvalue weighted by Gasteiger charge is 2.32. The average molecular weight is 261 g/mol. The maximum absolute atomic E-state index is 12.7. The van der Waals surface area contributed by atoms with Crippen molar-refractivity contribution in [3.63, 3.8) is 0 Å². The zero-order chi connectivity index (χ0) is 13.8. The molecule has 0 saturated heterocycles. The van der Waals surface area contributed by atoms with E-state index >= 15 is 0 Å². The number of rotatable bonds is 4. The molecule has 0 heterocycles. The number of esters is 1. The quantitative estimate of drug-likeness (QED) is 0.845. The largest absolute Gasteiger partial charge is 0.468 e. The summed E-state index contributed by atoms with van der Waals surface area (Å²) in [6.45, 7) is 0. The third-order valence-electron chi connectivity index (χ3n) is 2.55. The number of nitrogens with two attached hydrogens (primary N) is 1. The lowest BCUT2D eigenvalue weighted by Gasteiger charge is -2.14. The summed E-state index contributed by atoms with van der Waals surface area (Å²) in [6.07, 6.45) is -4.21. The van der Waals surface area contributed by atoms with Crippen LogP contribution in [0.15, 0.2) is 24.3 Å². The zero-order valence-corrected chi connectivity index (χ0v) is 9.83. The molecule has 1 rings (SSSR count). The van der Waals surface area contributed by atoms with Crippen molar-refractivity contribution < 1.29 is 22.7 Å². The van der Waals surface area contributed by atoms with Crippen LogP contribution in [0, 0.1) is 0 Å². The van der Waals surface area contributed by atoms with Gasteiger partial charge in [-0.15, -0.1) is 0 Å². The molecule has 18 heavy (non-hydrogen) atoms. The standard InChI is InChI=1S/C12H14F3NO2/c1-18-11(17)10(16)7-6-8-4-2-3-5-9(8)12(13,14)15/h2-5,10H,6-7,16H2,1H3. The molecule has 0 aliphatic rings. The Morgan fingerprint density at radius 1 is 1.39 bits per heavy atom. The van der Waals surface area contributed by atoms with E-state index in [0.717, 1.165) is 6.07 Å². The van der Waals surface area contributed by atoms with Gasteiger partial charge in [0.25, 0.3) is 0 Å². The van der Waals surface area contributed by atoms with Gasteiger partial charge < -0.3 is 10.5 Å². The second-order valence-corrected chi connectivity index (χ2v) is 3.82. The van der Waals surface area contributed by atoms with E-state index in [1.165, 1.54) is 25.3 Å². The lowest BCUT2D eigenvalue weighted by molar-refractivity contribution is -0.142. The van der Waals surface area contributed by atoms with Crippen LogP contribution in [0.25, 0.3) is 0 Å². The Hall–Kier alpha value is -1.56. The first-order valence-corrected chi connectivity index (χ1v) is 5.34. The normalized spacial score (nSPS) is 13.2. The summed E-state index contributed by atoms with van der Waals surface area (Å²) in [4.78, 5) is 11.0. The summed E-state index contributed by atoms with van der Waals surface area (Å²) in [5.41, 5.74) is 4.92. The van der Waals surface area contributed by atoms with Gasteiger partial charge in [0, 0.05) is 0 Å². The van der Waals surface area contributed by atoms with Gasteiger partial charge in [-0.05, 0) is 24.5 Å². The monoisotopic (exact) mass is 261 g/mol. The average Bonchev–Trinajstić information content (AvgIpc) is 2.34. The summed E-state index contributed by atoms with van der Waals surface area (Å²) < 4.78 is 42.4. The summed E-state index contributed by atoms with van der Waals surface area (Å²) >= 11 is 0. The molecule has 1 atom stereocenters. The fraction of sp³-hybridized carbons (Fsp3) is 0.417. The summed E-state index contributed by atoms with van der Waals surface area (Å²) in [7, 11) is 1.19. The lowest BCUT2D eigenvalue weighted by atomic mass is 10.00. The van der Waals surface area contributed by atoms with E-state index in [2.05, 4.69) is 4.74 Å². The van der Waals surface area contributed by atoms with Gasteiger partial charge in [0.15, 0.2) is 0 Å². The number of carbonyl (C=O) groups is 1. The molecule has 1 aromatic carbocycles. The molecule has 0 saturated carbocycles. The van der Waals surface area contributed by atoms with Crippen molar-refractivity contribution in [2.24, 2.45) is 5.73 Å². The van der Waals surface area contributed by atoms with Crippen LogP contribution in [-0.2, 0) is 22.1 Å². The number of hydrogen-bond donors (Lipinski definition) is 1. The number of carbonyl (C=O) groups excluding carboxylic acids is 1. The highest BCUT2D eigenvalue weighted by atomic mass is 19.4. The highest BCUT2D eigenvalue weighted by molar-refractivity contribution is 5.75. The first kappa shape index (κ1) is 14.5. The molecule has 0 aliphatic carbocycles.